The Labute approximate surface area is 118 Å². The average molecular weight is 298 g/mol. The molecule has 1 aromatic rings. The molecule has 1 saturated heterocycles. The molecule has 0 radical (unpaired) electrons. The van der Waals surface area contributed by atoms with Crippen LogP contribution in [0.1, 0.15) is 18.5 Å². The lowest BCUT2D eigenvalue weighted by Gasteiger charge is -2.30. The van der Waals surface area contributed by atoms with Crippen LogP contribution in [0.3, 0.4) is 0 Å². The zero-order chi connectivity index (χ0) is 14.8. The Morgan fingerprint density at radius 2 is 2.20 bits per heavy atom. The highest BCUT2D eigenvalue weighted by atomic mass is 32.2. The van der Waals surface area contributed by atoms with E-state index in [1.54, 1.807) is 6.07 Å². The van der Waals surface area contributed by atoms with Gasteiger partial charge < -0.3 is 11.5 Å². The number of primary amides is 1. The maximum absolute atomic E-state index is 12.5. The molecule has 1 amide bonds. The summed E-state index contributed by atoms with van der Waals surface area (Å²) in [6.07, 6.45) is 2.55. The molecule has 0 aliphatic carbocycles. The first-order chi connectivity index (χ1) is 9.45. The van der Waals surface area contributed by atoms with Gasteiger partial charge >= 0.3 is 0 Å². The van der Waals surface area contributed by atoms with E-state index in [1.165, 1.54) is 16.6 Å². The predicted octanol–water partition coefficient (Wildman–Crippen LogP) is -0.574. The van der Waals surface area contributed by atoms with Crippen LogP contribution in [-0.2, 0) is 21.4 Å². The Morgan fingerprint density at radius 1 is 1.45 bits per heavy atom. The lowest BCUT2D eigenvalue weighted by Crippen LogP contribution is -2.44. The van der Waals surface area contributed by atoms with Crippen LogP contribution in [0.4, 0.5) is 0 Å². The van der Waals surface area contributed by atoms with Gasteiger partial charge in [-0.15, -0.1) is 0 Å². The number of sulfonamides is 1. The topological polar surface area (TPSA) is 119 Å². The molecular weight excluding hydrogens is 280 g/mol. The minimum absolute atomic E-state index is 0.111. The zero-order valence-corrected chi connectivity index (χ0v) is 11.8. The smallest absolute Gasteiger partial charge is 0.244 e. The molecule has 2 heterocycles. The molecule has 7 nitrogen and oxygen atoms in total. The molecule has 1 aliphatic rings. The van der Waals surface area contributed by atoms with E-state index >= 15 is 0 Å². The maximum atomic E-state index is 12.5. The van der Waals surface area contributed by atoms with Crippen molar-refractivity contribution >= 4 is 15.9 Å². The summed E-state index contributed by atoms with van der Waals surface area (Å²) in [6, 6.07) is 3.07. The van der Waals surface area contributed by atoms with Gasteiger partial charge in [-0.3, -0.25) is 9.78 Å². The van der Waals surface area contributed by atoms with Gasteiger partial charge in [-0.25, -0.2) is 8.42 Å². The molecule has 1 fully saturated rings. The van der Waals surface area contributed by atoms with Gasteiger partial charge in [0.1, 0.15) is 4.90 Å². The van der Waals surface area contributed by atoms with Crippen molar-refractivity contribution in [2.75, 3.05) is 13.1 Å². The Bertz CT molecular complexity index is 585. The van der Waals surface area contributed by atoms with Gasteiger partial charge in [0.15, 0.2) is 0 Å². The monoisotopic (exact) mass is 298 g/mol. The summed E-state index contributed by atoms with van der Waals surface area (Å²) in [5.41, 5.74) is 11.3. The van der Waals surface area contributed by atoms with Gasteiger partial charge in [-0.2, -0.15) is 4.31 Å². The number of hydrogen-bond donors (Lipinski definition) is 2. The number of nitrogens with zero attached hydrogens (tertiary/aromatic N) is 2. The third kappa shape index (κ3) is 2.97. The van der Waals surface area contributed by atoms with E-state index < -0.39 is 21.8 Å². The maximum Gasteiger partial charge on any atom is 0.244 e. The fraction of sp³-hybridized carbons (Fsp3) is 0.500. The molecule has 1 atom stereocenters. The molecule has 8 heteroatoms. The highest BCUT2D eigenvalue weighted by Gasteiger charge is 2.32. The second kappa shape index (κ2) is 5.86. The normalized spacial score (nSPS) is 20.8. The number of rotatable bonds is 4. The first kappa shape index (κ1) is 14.9. The fourth-order valence-electron chi connectivity index (χ4n) is 2.23. The number of carbonyl (C=O) groups is 1. The van der Waals surface area contributed by atoms with Crippen LogP contribution >= 0.6 is 0 Å². The van der Waals surface area contributed by atoms with Crippen molar-refractivity contribution in [1.29, 1.82) is 0 Å². The number of nitrogens with two attached hydrogens (primary N) is 2. The summed E-state index contributed by atoms with van der Waals surface area (Å²) in [6.45, 7) is 0.787. The van der Waals surface area contributed by atoms with E-state index in [0.29, 0.717) is 25.1 Å². The van der Waals surface area contributed by atoms with Crippen molar-refractivity contribution in [3.8, 4) is 0 Å². The van der Waals surface area contributed by atoms with Gasteiger partial charge in [0.05, 0.1) is 11.6 Å². The number of amides is 1. The van der Waals surface area contributed by atoms with Crippen LogP contribution in [0, 0.1) is 5.92 Å². The molecule has 1 aliphatic heterocycles. The van der Waals surface area contributed by atoms with E-state index in [9.17, 15) is 13.2 Å². The number of pyridine rings is 1. The van der Waals surface area contributed by atoms with Gasteiger partial charge in [0.2, 0.25) is 15.9 Å². The number of piperidine rings is 1. The first-order valence-corrected chi connectivity index (χ1v) is 7.83. The lowest BCUT2D eigenvalue weighted by molar-refractivity contribution is -0.122. The molecule has 0 aromatic carbocycles. The molecule has 0 saturated carbocycles. The highest BCUT2D eigenvalue weighted by Crippen LogP contribution is 2.23. The van der Waals surface area contributed by atoms with E-state index in [0.717, 1.165) is 0 Å². The highest BCUT2D eigenvalue weighted by molar-refractivity contribution is 7.89. The zero-order valence-electron chi connectivity index (χ0n) is 11.0. The Morgan fingerprint density at radius 3 is 2.75 bits per heavy atom. The van der Waals surface area contributed by atoms with Gasteiger partial charge in [0, 0.05) is 25.8 Å². The molecule has 0 bridgehead atoms. The second-order valence-corrected chi connectivity index (χ2v) is 6.73. The summed E-state index contributed by atoms with van der Waals surface area (Å²) in [7, 11) is -3.63. The third-order valence-corrected chi connectivity index (χ3v) is 5.28. The largest absolute Gasteiger partial charge is 0.369 e. The third-order valence-electron chi connectivity index (χ3n) is 3.43. The fourth-order valence-corrected chi connectivity index (χ4v) is 3.70. The Hall–Kier alpha value is -1.51. The Kier molecular flexibility index (Phi) is 4.36. The van der Waals surface area contributed by atoms with Crippen LogP contribution < -0.4 is 11.5 Å². The molecule has 110 valence electrons. The quantitative estimate of drug-likeness (QED) is 0.771. The van der Waals surface area contributed by atoms with Crippen molar-refractivity contribution in [2.24, 2.45) is 17.4 Å². The van der Waals surface area contributed by atoms with Gasteiger partial charge in [-0.1, -0.05) is 0 Å². The SMILES string of the molecule is NCc1ccc(S(=O)(=O)N2CCCC(C(N)=O)C2)cn1. The van der Waals surface area contributed by atoms with Crippen molar-refractivity contribution < 1.29 is 13.2 Å². The lowest BCUT2D eigenvalue weighted by atomic mass is 9.99. The summed E-state index contributed by atoms with van der Waals surface area (Å²) in [4.78, 5) is 15.3. The summed E-state index contributed by atoms with van der Waals surface area (Å²) in [5.74, 6) is -0.878. The van der Waals surface area contributed by atoms with E-state index in [4.69, 9.17) is 11.5 Å². The minimum atomic E-state index is -3.63. The van der Waals surface area contributed by atoms with E-state index in [2.05, 4.69) is 4.98 Å². The van der Waals surface area contributed by atoms with Crippen molar-refractivity contribution in [1.82, 2.24) is 9.29 Å². The first-order valence-electron chi connectivity index (χ1n) is 6.39. The van der Waals surface area contributed by atoms with Crippen molar-refractivity contribution in [3.05, 3.63) is 24.0 Å². The molecule has 0 spiro atoms. The Balaban J connectivity index is 2.22. The molecule has 1 unspecified atom stereocenters. The van der Waals surface area contributed by atoms with Gasteiger partial charge in [0.25, 0.3) is 0 Å². The summed E-state index contributed by atoms with van der Waals surface area (Å²) >= 11 is 0. The van der Waals surface area contributed by atoms with Gasteiger partial charge in [-0.05, 0) is 25.0 Å². The summed E-state index contributed by atoms with van der Waals surface area (Å²) < 4.78 is 26.2. The number of aromatic nitrogens is 1. The van der Waals surface area contributed by atoms with Crippen LogP contribution in [0.15, 0.2) is 23.2 Å². The molecular formula is C12H18N4O3S. The number of hydrogen-bond acceptors (Lipinski definition) is 5. The van der Waals surface area contributed by atoms with Crippen LogP contribution in [0.25, 0.3) is 0 Å². The summed E-state index contributed by atoms with van der Waals surface area (Å²) in [5, 5.41) is 0. The molecule has 1 aromatic heterocycles. The molecule has 4 N–H and O–H groups in total. The van der Waals surface area contributed by atoms with Crippen molar-refractivity contribution in [3.63, 3.8) is 0 Å². The number of carbonyl (C=O) groups excluding carboxylic acids is 1. The van der Waals surface area contributed by atoms with Crippen LogP contribution in [-0.4, -0.2) is 36.7 Å². The predicted molar refractivity (Wildman–Crippen MR) is 72.8 cm³/mol. The van der Waals surface area contributed by atoms with Crippen molar-refractivity contribution in [2.45, 2.75) is 24.3 Å². The molecule has 2 rings (SSSR count). The minimum Gasteiger partial charge on any atom is -0.369 e. The van der Waals surface area contributed by atoms with E-state index in [-0.39, 0.29) is 18.0 Å². The van der Waals surface area contributed by atoms with Crippen LogP contribution in [0.2, 0.25) is 0 Å². The molecule has 20 heavy (non-hydrogen) atoms. The van der Waals surface area contributed by atoms with Crippen LogP contribution in [0.5, 0.6) is 0 Å². The second-order valence-electron chi connectivity index (χ2n) is 4.79. The van der Waals surface area contributed by atoms with E-state index in [1.807, 2.05) is 0 Å². The standard InChI is InChI=1S/C12H18N4O3S/c13-6-10-3-4-11(7-15-10)20(18,19)16-5-1-2-9(8-16)12(14)17/h3-4,7,9H,1-2,5-6,8,13H2,(H2,14,17). The average Bonchev–Trinajstić information content (AvgIpc) is 2.47.